The number of hydrogen-bond acceptors (Lipinski definition) is 3. The van der Waals surface area contributed by atoms with Crippen molar-refractivity contribution in [2.75, 3.05) is 11.9 Å². The van der Waals surface area contributed by atoms with Crippen LogP contribution in [0.25, 0.3) is 22.3 Å². The van der Waals surface area contributed by atoms with Gasteiger partial charge < -0.3 is 9.91 Å². The average Bonchev–Trinajstić information content (AvgIpc) is 3.03. The van der Waals surface area contributed by atoms with Crippen LogP contribution in [0.1, 0.15) is 16.7 Å². The topological polar surface area (TPSA) is 18.8 Å². The van der Waals surface area contributed by atoms with Crippen LogP contribution in [0.15, 0.2) is 59.7 Å². The third kappa shape index (κ3) is 2.63. The van der Waals surface area contributed by atoms with Gasteiger partial charge in [-0.3, -0.25) is 0 Å². The van der Waals surface area contributed by atoms with Crippen molar-refractivity contribution in [3.05, 3.63) is 84.0 Å². The van der Waals surface area contributed by atoms with Crippen molar-refractivity contribution in [1.82, 2.24) is 5.01 Å². The zero-order valence-electron chi connectivity index (χ0n) is 15.4. The van der Waals surface area contributed by atoms with Crippen LogP contribution >= 0.6 is 0 Å². The van der Waals surface area contributed by atoms with Crippen molar-refractivity contribution in [1.29, 1.82) is 0 Å². The second kappa shape index (κ2) is 6.63. The van der Waals surface area contributed by atoms with Gasteiger partial charge in [-0.1, -0.05) is 47.6 Å². The normalized spacial score (nSPS) is 14.1. The number of hydrazone groups is 1. The molecule has 137 valence electrons. The first-order chi connectivity index (χ1) is 12.6. The van der Waals surface area contributed by atoms with E-state index in [4.69, 9.17) is 5.10 Å². The van der Waals surface area contributed by atoms with E-state index in [2.05, 4.69) is 73.3 Å². The molecule has 0 N–H and O–H groups in total. The van der Waals surface area contributed by atoms with Crippen LogP contribution in [0.2, 0.25) is 0 Å². The molecule has 0 unspecified atom stereocenters. The molecule has 0 atom stereocenters. The SMILES string of the molecule is Cc1cccc(C)c1-c1cccc2c1C1=NN(C)[CH-]N1c1[c-]cccc1-2.[Ir]. The molecule has 2 heterocycles. The summed E-state index contributed by atoms with van der Waals surface area (Å²) in [6.45, 7) is 6.38. The van der Waals surface area contributed by atoms with Crippen LogP contribution in [0.4, 0.5) is 5.69 Å². The van der Waals surface area contributed by atoms with Crippen LogP contribution in [0.5, 0.6) is 0 Å². The molecule has 0 fully saturated rings. The zero-order chi connectivity index (χ0) is 17.8. The summed E-state index contributed by atoms with van der Waals surface area (Å²) in [5, 5.41) is 6.67. The molecule has 0 aromatic heterocycles. The second-order valence-electron chi connectivity index (χ2n) is 6.91. The van der Waals surface area contributed by atoms with E-state index in [1.54, 1.807) is 0 Å². The summed E-state index contributed by atoms with van der Waals surface area (Å²) in [6, 6.07) is 22.6. The summed E-state index contributed by atoms with van der Waals surface area (Å²) in [4.78, 5) is 2.15. The van der Waals surface area contributed by atoms with E-state index in [0.29, 0.717) is 0 Å². The first-order valence-electron chi connectivity index (χ1n) is 8.82. The van der Waals surface area contributed by atoms with Crippen molar-refractivity contribution in [2.45, 2.75) is 13.8 Å². The van der Waals surface area contributed by atoms with Crippen molar-refractivity contribution in [3.63, 3.8) is 0 Å². The van der Waals surface area contributed by atoms with Crippen molar-refractivity contribution < 1.29 is 20.1 Å². The maximum Gasteiger partial charge on any atom is 0.128 e. The number of anilines is 1. The van der Waals surface area contributed by atoms with Gasteiger partial charge in [-0.2, -0.15) is 29.4 Å². The first-order valence-corrected chi connectivity index (χ1v) is 8.82. The number of amidine groups is 1. The van der Waals surface area contributed by atoms with Crippen molar-refractivity contribution in [3.8, 4) is 22.3 Å². The van der Waals surface area contributed by atoms with Gasteiger partial charge in [-0.25, -0.2) is 0 Å². The molecule has 0 saturated carbocycles. The van der Waals surface area contributed by atoms with Gasteiger partial charge in [-0.15, -0.1) is 12.2 Å². The van der Waals surface area contributed by atoms with Crippen molar-refractivity contribution in [2.24, 2.45) is 5.10 Å². The van der Waals surface area contributed by atoms with E-state index in [1.165, 1.54) is 38.9 Å². The predicted molar refractivity (Wildman–Crippen MR) is 107 cm³/mol. The van der Waals surface area contributed by atoms with Crippen LogP contribution in [0.3, 0.4) is 0 Å². The molecular formula is C23H19IrN3-2. The van der Waals surface area contributed by atoms with Gasteiger partial charge >= 0.3 is 0 Å². The standard InChI is InChI=1S/C23H19N3.Ir/c1-15-8-6-9-16(2)21(15)19-12-7-11-18-17-10-4-5-13-20(17)26-14-25(3)24-23(26)22(18)19;/h4-12,14H,1-3H3;/q-2;. The maximum atomic E-state index is 4.80. The van der Waals surface area contributed by atoms with Gasteiger partial charge in [0.05, 0.1) is 0 Å². The molecule has 27 heavy (non-hydrogen) atoms. The Morgan fingerprint density at radius 1 is 0.852 bits per heavy atom. The molecule has 3 aromatic rings. The Hall–Kier alpha value is -2.42. The summed E-state index contributed by atoms with van der Waals surface area (Å²) in [6.07, 6.45) is 0. The molecule has 5 rings (SSSR count). The molecule has 0 bridgehead atoms. The second-order valence-corrected chi connectivity index (χ2v) is 6.91. The van der Waals surface area contributed by atoms with E-state index >= 15 is 0 Å². The molecule has 4 heteroatoms. The minimum atomic E-state index is 0. The minimum absolute atomic E-state index is 0. The van der Waals surface area contributed by atoms with Gasteiger partial charge in [0.1, 0.15) is 5.84 Å². The Morgan fingerprint density at radius 3 is 2.30 bits per heavy atom. The number of benzene rings is 3. The molecule has 3 aromatic carbocycles. The Balaban J connectivity index is 0.00000180. The predicted octanol–water partition coefficient (Wildman–Crippen LogP) is 4.98. The van der Waals surface area contributed by atoms with Gasteiger partial charge in [-0.05, 0) is 43.1 Å². The van der Waals surface area contributed by atoms with E-state index in [9.17, 15) is 0 Å². The number of aryl methyl sites for hydroxylation is 2. The van der Waals surface area contributed by atoms with Gasteiger partial charge in [0.15, 0.2) is 0 Å². The fraction of sp³-hybridized carbons (Fsp3) is 0.130. The Bertz CT molecular complexity index is 1050. The smallest absolute Gasteiger partial charge is 0.128 e. The summed E-state index contributed by atoms with van der Waals surface area (Å²) < 4.78 is 0. The third-order valence-electron chi connectivity index (χ3n) is 5.17. The van der Waals surface area contributed by atoms with E-state index in [1.807, 2.05) is 24.8 Å². The Kier molecular flexibility index (Phi) is 4.41. The largest absolute Gasteiger partial charge is 0.476 e. The summed E-state index contributed by atoms with van der Waals surface area (Å²) in [5.41, 5.74) is 9.76. The molecule has 2 aliphatic heterocycles. The summed E-state index contributed by atoms with van der Waals surface area (Å²) >= 11 is 0. The van der Waals surface area contributed by atoms with E-state index < -0.39 is 0 Å². The fourth-order valence-corrected chi connectivity index (χ4v) is 4.09. The molecule has 3 nitrogen and oxygen atoms in total. The van der Waals surface area contributed by atoms with Crippen LogP contribution in [0, 0.1) is 26.6 Å². The van der Waals surface area contributed by atoms with Gasteiger partial charge in [0, 0.05) is 25.7 Å². The maximum absolute atomic E-state index is 4.80. The van der Waals surface area contributed by atoms with Crippen molar-refractivity contribution >= 4 is 11.5 Å². The number of rotatable bonds is 1. The minimum Gasteiger partial charge on any atom is -0.476 e. The van der Waals surface area contributed by atoms with Gasteiger partial charge in [0.25, 0.3) is 0 Å². The molecule has 0 spiro atoms. The van der Waals surface area contributed by atoms with Crippen LogP contribution in [-0.4, -0.2) is 17.9 Å². The Labute approximate surface area is 173 Å². The van der Waals surface area contributed by atoms with Crippen LogP contribution in [-0.2, 0) is 20.1 Å². The molecule has 1 radical (unpaired) electrons. The number of para-hydroxylation sites is 1. The molecule has 0 amide bonds. The molecule has 2 aliphatic rings. The average molecular weight is 530 g/mol. The third-order valence-corrected chi connectivity index (χ3v) is 5.17. The monoisotopic (exact) mass is 530 g/mol. The number of nitrogens with zero attached hydrogens (tertiary/aromatic N) is 3. The Morgan fingerprint density at radius 2 is 1.52 bits per heavy atom. The molecular weight excluding hydrogens is 510 g/mol. The molecule has 0 aliphatic carbocycles. The van der Waals surface area contributed by atoms with E-state index in [-0.39, 0.29) is 20.1 Å². The number of fused-ring (bicyclic) bond motifs is 6. The number of hydrogen-bond donors (Lipinski definition) is 0. The first kappa shape index (κ1) is 18.0. The summed E-state index contributed by atoms with van der Waals surface area (Å²) in [5.74, 6) is 0.968. The quantitative estimate of drug-likeness (QED) is 0.414. The fourth-order valence-electron chi connectivity index (χ4n) is 4.09. The van der Waals surface area contributed by atoms with E-state index in [0.717, 1.165) is 11.5 Å². The summed E-state index contributed by atoms with van der Waals surface area (Å²) in [7, 11) is 1.97. The zero-order valence-corrected chi connectivity index (χ0v) is 17.8. The molecule has 0 saturated heterocycles. The van der Waals surface area contributed by atoms with Crippen LogP contribution < -0.4 is 4.90 Å². The van der Waals surface area contributed by atoms with Gasteiger partial charge in [0.2, 0.25) is 0 Å².